The van der Waals surface area contributed by atoms with Gasteiger partial charge in [-0.2, -0.15) is 0 Å². The van der Waals surface area contributed by atoms with Gasteiger partial charge in [-0.3, -0.25) is 0 Å². The number of hydrogen-bond donors (Lipinski definition) is 1. The van der Waals surface area contributed by atoms with Crippen molar-refractivity contribution in [3.8, 4) is 0 Å². The summed E-state index contributed by atoms with van der Waals surface area (Å²) in [6, 6.07) is 9.64. The van der Waals surface area contributed by atoms with Crippen molar-refractivity contribution in [3.63, 3.8) is 0 Å². The highest BCUT2D eigenvalue weighted by atomic mass is 19.1. The summed E-state index contributed by atoms with van der Waals surface area (Å²) in [4.78, 5) is 0. The standard InChI is InChI=1S/C14H19FO2/c1-2-3-9-14(13(16)10-15)17-11-12-7-5-4-6-8-12/h2,4-8,13-14,16H,1,3,9-11H2/t13-,14+/m1/s1. The topological polar surface area (TPSA) is 29.5 Å². The van der Waals surface area contributed by atoms with Gasteiger partial charge >= 0.3 is 0 Å². The largest absolute Gasteiger partial charge is 0.388 e. The summed E-state index contributed by atoms with van der Waals surface area (Å²) in [6.45, 7) is 3.21. The zero-order valence-electron chi connectivity index (χ0n) is 9.89. The number of allylic oxidation sites excluding steroid dienone is 1. The van der Waals surface area contributed by atoms with Gasteiger partial charge < -0.3 is 9.84 Å². The Morgan fingerprint density at radius 2 is 2.06 bits per heavy atom. The van der Waals surface area contributed by atoms with Gasteiger partial charge in [0.25, 0.3) is 0 Å². The Balaban J connectivity index is 2.45. The van der Waals surface area contributed by atoms with Crippen molar-refractivity contribution in [3.05, 3.63) is 48.6 Å². The van der Waals surface area contributed by atoms with Crippen molar-refractivity contribution in [1.29, 1.82) is 0 Å². The minimum atomic E-state index is -1.06. The summed E-state index contributed by atoms with van der Waals surface area (Å²) in [6.07, 6.45) is 1.50. The zero-order valence-corrected chi connectivity index (χ0v) is 9.89. The fourth-order valence-corrected chi connectivity index (χ4v) is 1.55. The Morgan fingerprint density at radius 3 is 2.65 bits per heavy atom. The smallest absolute Gasteiger partial charge is 0.118 e. The Hall–Kier alpha value is -1.19. The number of aliphatic hydroxyl groups is 1. The number of aliphatic hydroxyl groups excluding tert-OH is 1. The van der Waals surface area contributed by atoms with E-state index in [9.17, 15) is 9.50 Å². The van der Waals surface area contributed by atoms with Crippen LogP contribution in [-0.4, -0.2) is 24.0 Å². The van der Waals surface area contributed by atoms with E-state index in [0.717, 1.165) is 5.56 Å². The van der Waals surface area contributed by atoms with E-state index in [2.05, 4.69) is 6.58 Å². The third kappa shape index (κ3) is 5.11. The second-order valence-corrected chi connectivity index (χ2v) is 3.92. The lowest BCUT2D eigenvalue weighted by Gasteiger charge is -2.21. The maximum atomic E-state index is 12.4. The molecule has 0 aliphatic carbocycles. The van der Waals surface area contributed by atoms with E-state index in [4.69, 9.17) is 4.74 Å². The summed E-state index contributed by atoms with van der Waals surface area (Å²) in [5, 5.41) is 9.49. The quantitative estimate of drug-likeness (QED) is 0.706. The third-order valence-electron chi connectivity index (χ3n) is 2.55. The molecule has 1 aromatic carbocycles. The third-order valence-corrected chi connectivity index (χ3v) is 2.55. The minimum Gasteiger partial charge on any atom is -0.388 e. The molecule has 1 aromatic rings. The van der Waals surface area contributed by atoms with Crippen LogP contribution < -0.4 is 0 Å². The summed E-state index contributed by atoms with van der Waals surface area (Å²) < 4.78 is 18.0. The van der Waals surface area contributed by atoms with Crippen molar-refractivity contribution in [2.24, 2.45) is 0 Å². The maximum Gasteiger partial charge on any atom is 0.118 e. The van der Waals surface area contributed by atoms with Gasteiger partial charge in [-0.25, -0.2) is 4.39 Å². The molecule has 0 bridgehead atoms. The molecular weight excluding hydrogens is 219 g/mol. The predicted octanol–water partition coefficient (Wildman–Crippen LogP) is 2.87. The monoisotopic (exact) mass is 238 g/mol. The maximum absolute atomic E-state index is 12.4. The molecule has 0 spiro atoms. The summed E-state index contributed by atoms with van der Waals surface area (Å²) >= 11 is 0. The fraction of sp³-hybridized carbons (Fsp3) is 0.429. The molecule has 17 heavy (non-hydrogen) atoms. The number of rotatable bonds is 8. The van der Waals surface area contributed by atoms with E-state index in [1.54, 1.807) is 6.08 Å². The van der Waals surface area contributed by atoms with E-state index in [1.807, 2.05) is 30.3 Å². The molecule has 1 N–H and O–H groups in total. The molecule has 2 atom stereocenters. The van der Waals surface area contributed by atoms with Crippen molar-refractivity contribution in [1.82, 2.24) is 0 Å². The first-order chi connectivity index (χ1) is 8.27. The highest BCUT2D eigenvalue weighted by Gasteiger charge is 2.18. The van der Waals surface area contributed by atoms with Crippen LogP contribution in [0.3, 0.4) is 0 Å². The van der Waals surface area contributed by atoms with Gasteiger partial charge in [0, 0.05) is 0 Å². The lowest BCUT2D eigenvalue weighted by atomic mass is 10.1. The van der Waals surface area contributed by atoms with Gasteiger partial charge in [0.2, 0.25) is 0 Å². The van der Waals surface area contributed by atoms with E-state index in [1.165, 1.54) is 0 Å². The Labute approximate surface area is 102 Å². The highest BCUT2D eigenvalue weighted by Crippen LogP contribution is 2.12. The van der Waals surface area contributed by atoms with Crippen LogP contribution >= 0.6 is 0 Å². The molecule has 0 radical (unpaired) electrons. The first-order valence-electron chi connectivity index (χ1n) is 5.78. The fourth-order valence-electron chi connectivity index (χ4n) is 1.55. The van der Waals surface area contributed by atoms with Crippen LogP contribution in [0.2, 0.25) is 0 Å². The average Bonchev–Trinajstić information content (AvgIpc) is 2.39. The second-order valence-electron chi connectivity index (χ2n) is 3.92. The molecule has 0 aromatic heterocycles. The van der Waals surface area contributed by atoms with Gasteiger partial charge in [-0.1, -0.05) is 36.4 Å². The Bertz CT molecular complexity index is 313. The average molecular weight is 238 g/mol. The molecule has 94 valence electrons. The van der Waals surface area contributed by atoms with Crippen LogP contribution in [0.1, 0.15) is 18.4 Å². The summed E-state index contributed by atoms with van der Waals surface area (Å²) in [5.74, 6) is 0. The van der Waals surface area contributed by atoms with Gasteiger partial charge in [-0.15, -0.1) is 6.58 Å². The van der Waals surface area contributed by atoms with Crippen LogP contribution in [0.5, 0.6) is 0 Å². The molecule has 0 saturated heterocycles. The van der Waals surface area contributed by atoms with Gasteiger partial charge in [0.1, 0.15) is 12.8 Å². The van der Waals surface area contributed by atoms with E-state index in [-0.39, 0.29) is 0 Å². The van der Waals surface area contributed by atoms with Crippen LogP contribution in [-0.2, 0) is 11.3 Å². The number of hydrogen-bond acceptors (Lipinski definition) is 2. The molecule has 0 aliphatic rings. The first kappa shape index (κ1) is 13.9. The summed E-state index contributed by atoms with van der Waals surface area (Å²) in [5.41, 5.74) is 1.02. The highest BCUT2D eigenvalue weighted by molar-refractivity contribution is 5.13. The summed E-state index contributed by atoms with van der Waals surface area (Å²) in [7, 11) is 0. The second kappa shape index (κ2) is 7.98. The Kier molecular flexibility index (Phi) is 6.51. The lowest BCUT2D eigenvalue weighted by Crippen LogP contribution is -2.30. The van der Waals surface area contributed by atoms with Crippen molar-refractivity contribution < 1.29 is 14.2 Å². The van der Waals surface area contributed by atoms with Gasteiger partial charge in [-0.05, 0) is 18.4 Å². The van der Waals surface area contributed by atoms with Crippen LogP contribution in [0.4, 0.5) is 4.39 Å². The molecule has 2 nitrogen and oxygen atoms in total. The molecule has 0 amide bonds. The molecule has 1 rings (SSSR count). The first-order valence-corrected chi connectivity index (χ1v) is 5.78. The van der Waals surface area contributed by atoms with Gasteiger partial charge in [0.15, 0.2) is 0 Å². The van der Waals surface area contributed by atoms with E-state index < -0.39 is 18.9 Å². The molecular formula is C14H19FO2. The van der Waals surface area contributed by atoms with Crippen LogP contribution in [0.25, 0.3) is 0 Å². The molecule has 0 aliphatic heterocycles. The number of benzene rings is 1. The van der Waals surface area contributed by atoms with Crippen LogP contribution in [0, 0.1) is 0 Å². The molecule has 0 fully saturated rings. The Morgan fingerprint density at radius 1 is 1.35 bits per heavy atom. The minimum absolute atomic E-state index is 0.389. The molecule has 3 heteroatoms. The SMILES string of the molecule is C=CCC[C@H](OCc1ccccc1)[C@H](O)CF. The number of halogens is 1. The number of ether oxygens (including phenoxy) is 1. The van der Waals surface area contributed by atoms with E-state index in [0.29, 0.717) is 19.4 Å². The van der Waals surface area contributed by atoms with Crippen molar-refractivity contribution in [2.45, 2.75) is 31.7 Å². The van der Waals surface area contributed by atoms with Crippen molar-refractivity contribution in [2.75, 3.05) is 6.67 Å². The van der Waals surface area contributed by atoms with Gasteiger partial charge in [0.05, 0.1) is 12.7 Å². The number of alkyl halides is 1. The lowest BCUT2D eigenvalue weighted by molar-refractivity contribution is -0.0568. The predicted molar refractivity (Wildman–Crippen MR) is 66.4 cm³/mol. The van der Waals surface area contributed by atoms with Crippen LogP contribution in [0.15, 0.2) is 43.0 Å². The molecule has 0 saturated carbocycles. The zero-order chi connectivity index (χ0) is 12.5. The van der Waals surface area contributed by atoms with E-state index >= 15 is 0 Å². The normalized spacial score (nSPS) is 14.2. The molecule has 0 heterocycles. The van der Waals surface area contributed by atoms with Crippen molar-refractivity contribution >= 4 is 0 Å². The molecule has 0 unspecified atom stereocenters.